The maximum Gasteiger partial charge on any atom is 0.243 e. The second kappa shape index (κ2) is 9.67. The molecule has 9 heteroatoms. The van der Waals surface area contributed by atoms with E-state index in [-0.39, 0.29) is 16.6 Å². The Kier molecular flexibility index (Phi) is 7.19. The van der Waals surface area contributed by atoms with Crippen LogP contribution in [0, 0.1) is 0 Å². The largest absolute Gasteiger partial charge is 0.325 e. The van der Waals surface area contributed by atoms with Gasteiger partial charge < -0.3 is 10.2 Å². The number of nitrogens with one attached hydrogen (secondary N) is 1. The number of para-hydroxylation sites is 1. The van der Waals surface area contributed by atoms with Gasteiger partial charge in [0.15, 0.2) is 5.17 Å². The third-order valence-electron chi connectivity index (χ3n) is 4.94. The zero-order valence-corrected chi connectivity index (χ0v) is 19.5. The number of hydrogen-bond acceptors (Lipinski definition) is 6. The highest BCUT2D eigenvalue weighted by Crippen LogP contribution is 2.34. The molecule has 164 valence electrons. The van der Waals surface area contributed by atoms with Gasteiger partial charge in [0.05, 0.1) is 16.3 Å². The van der Waals surface area contributed by atoms with Gasteiger partial charge in [0.25, 0.3) is 0 Å². The van der Waals surface area contributed by atoms with Gasteiger partial charge in [-0.2, -0.15) is 4.31 Å². The third-order valence-corrected chi connectivity index (χ3v) is 8.03. The number of benzene rings is 2. The summed E-state index contributed by atoms with van der Waals surface area (Å²) in [5.74, 6) is -0.0390. The van der Waals surface area contributed by atoms with Crippen LogP contribution in [0.1, 0.15) is 19.4 Å². The van der Waals surface area contributed by atoms with Crippen LogP contribution < -0.4 is 5.32 Å². The molecule has 1 aliphatic heterocycles. The summed E-state index contributed by atoms with van der Waals surface area (Å²) in [4.78, 5) is 19.1. The van der Waals surface area contributed by atoms with E-state index in [2.05, 4.69) is 16.9 Å². The van der Waals surface area contributed by atoms with Crippen molar-refractivity contribution >= 4 is 49.9 Å². The summed E-state index contributed by atoms with van der Waals surface area (Å²) in [5, 5.41) is 3.49. The molecular weight excluding hydrogens is 432 g/mol. The van der Waals surface area contributed by atoms with E-state index in [1.165, 1.54) is 28.2 Å². The number of carbonyl (C=O) groups excluding carboxylic acids is 1. The van der Waals surface area contributed by atoms with Crippen molar-refractivity contribution < 1.29 is 13.2 Å². The first-order valence-corrected chi connectivity index (χ1v) is 12.3. The van der Waals surface area contributed by atoms with E-state index in [0.29, 0.717) is 23.9 Å². The molecule has 3 rings (SSSR count). The van der Waals surface area contributed by atoms with E-state index in [0.717, 1.165) is 16.9 Å². The second-order valence-corrected chi connectivity index (χ2v) is 9.75. The first-order valence-electron chi connectivity index (χ1n) is 9.91. The molecule has 0 atom stereocenters. The molecule has 0 spiro atoms. The Balaban J connectivity index is 1.63. The average Bonchev–Trinajstić information content (AvgIpc) is 2.76. The molecule has 0 aromatic heterocycles. The molecule has 1 N–H and O–H groups in total. The predicted molar refractivity (Wildman–Crippen MR) is 128 cm³/mol. The molecule has 0 unspecified atom stereocenters. The Morgan fingerprint density at radius 1 is 1.13 bits per heavy atom. The van der Waals surface area contributed by atoms with Gasteiger partial charge in [-0.15, -0.1) is 0 Å². The molecule has 2 aromatic carbocycles. The van der Waals surface area contributed by atoms with Crippen molar-refractivity contribution in [2.75, 3.05) is 31.2 Å². The summed E-state index contributed by atoms with van der Waals surface area (Å²) in [6, 6.07) is 14.0. The van der Waals surface area contributed by atoms with E-state index < -0.39 is 10.0 Å². The summed E-state index contributed by atoms with van der Waals surface area (Å²) in [7, 11) is -1.65. The number of thioether (sulfide) groups is 1. The fraction of sp³-hybridized carbons (Fsp3) is 0.273. The zero-order valence-electron chi connectivity index (χ0n) is 17.8. The monoisotopic (exact) mass is 458 g/mol. The lowest BCUT2D eigenvalue weighted by Gasteiger charge is -2.28. The van der Waals surface area contributed by atoms with Crippen molar-refractivity contribution in [3.8, 4) is 0 Å². The fourth-order valence-corrected chi connectivity index (χ4v) is 5.43. The van der Waals surface area contributed by atoms with E-state index in [1.807, 2.05) is 36.2 Å². The Morgan fingerprint density at radius 3 is 2.42 bits per heavy atom. The van der Waals surface area contributed by atoms with Gasteiger partial charge in [-0.3, -0.25) is 4.79 Å². The maximum atomic E-state index is 12.6. The van der Waals surface area contributed by atoms with E-state index in [1.54, 1.807) is 26.0 Å². The van der Waals surface area contributed by atoms with Gasteiger partial charge in [0.1, 0.15) is 0 Å². The highest BCUT2D eigenvalue weighted by molar-refractivity contribution is 8.14. The number of anilines is 1. The normalized spacial score (nSPS) is 13.7. The minimum atomic E-state index is -3.52. The summed E-state index contributed by atoms with van der Waals surface area (Å²) in [5.41, 5.74) is 3.17. The van der Waals surface area contributed by atoms with Crippen LogP contribution in [0.15, 0.2) is 65.0 Å². The van der Waals surface area contributed by atoms with Crippen molar-refractivity contribution in [3.63, 3.8) is 0 Å². The lowest BCUT2D eigenvalue weighted by atomic mass is 10.1. The smallest absolute Gasteiger partial charge is 0.243 e. The summed E-state index contributed by atoms with van der Waals surface area (Å²) < 4.78 is 26.5. The molecule has 1 heterocycles. The van der Waals surface area contributed by atoms with Gasteiger partial charge in [0.2, 0.25) is 15.9 Å². The van der Waals surface area contributed by atoms with E-state index >= 15 is 0 Å². The highest BCUT2D eigenvalue weighted by Gasteiger charge is 2.22. The number of hydrogen-bond donors (Lipinski definition) is 1. The zero-order chi connectivity index (χ0) is 22.6. The lowest BCUT2D eigenvalue weighted by molar-refractivity contribution is -0.113. The Labute approximate surface area is 187 Å². The topological polar surface area (TPSA) is 82.1 Å². The number of amides is 1. The second-order valence-electron chi connectivity index (χ2n) is 6.87. The molecule has 2 aromatic rings. The molecule has 0 bridgehead atoms. The quantitative estimate of drug-likeness (QED) is 0.678. The van der Waals surface area contributed by atoms with Crippen molar-refractivity contribution in [1.82, 2.24) is 9.21 Å². The molecule has 0 saturated carbocycles. The number of rotatable bonds is 7. The first-order chi connectivity index (χ1) is 14.8. The van der Waals surface area contributed by atoms with Gasteiger partial charge in [0, 0.05) is 37.1 Å². The van der Waals surface area contributed by atoms with Gasteiger partial charge in [-0.25, -0.2) is 13.4 Å². The molecule has 0 saturated heterocycles. The molecule has 1 amide bonds. The molecule has 7 nitrogen and oxygen atoms in total. The van der Waals surface area contributed by atoms with Crippen LogP contribution in [0.4, 0.5) is 11.4 Å². The molecule has 0 fully saturated rings. The van der Waals surface area contributed by atoms with Crippen LogP contribution in [0.2, 0.25) is 0 Å². The minimum Gasteiger partial charge on any atom is -0.325 e. The number of nitrogens with zero attached hydrogens (tertiary/aromatic N) is 3. The Bertz CT molecular complexity index is 1110. The first kappa shape index (κ1) is 23.1. The maximum absolute atomic E-state index is 12.6. The SMILES string of the molecule is C=C1c2ccccc2N=C(SCC(=O)Nc2ccc(S(=O)(=O)N(CC)CC)cc2)N1C. The van der Waals surface area contributed by atoms with Crippen LogP contribution in [-0.2, 0) is 14.8 Å². The number of amidine groups is 1. The van der Waals surface area contributed by atoms with Crippen molar-refractivity contribution in [1.29, 1.82) is 0 Å². The van der Waals surface area contributed by atoms with Crippen molar-refractivity contribution in [2.24, 2.45) is 4.99 Å². The van der Waals surface area contributed by atoms with E-state index in [4.69, 9.17) is 0 Å². The van der Waals surface area contributed by atoms with Gasteiger partial charge >= 0.3 is 0 Å². The number of aliphatic imine (C=N–C) groups is 1. The van der Waals surface area contributed by atoms with Crippen LogP contribution in [0.25, 0.3) is 5.70 Å². The van der Waals surface area contributed by atoms with Crippen molar-refractivity contribution in [2.45, 2.75) is 18.7 Å². The van der Waals surface area contributed by atoms with Crippen LogP contribution in [0.5, 0.6) is 0 Å². The summed E-state index contributed by atoms with van der Waals surface area (Å²) in [6.45, 7) is 8.53. The lowest BCUT2D eigenvalue weighted by Crippen LogP contribution is -2.30. The van der Waals surface area contributed by atoms with E-state index in [9.17, 15) is 13.2 Å². The number of sulfonamides is 1. The molecule has 1 aliphatic rings. The predicted octanol–water partition coefficient (Wildman–Crippen LogP) is 3.99. The van der Waals surface area contributed by atoms with Gasteiger partial charge in [-0.05, 0) is 30.3 Å². The molecule has 0 radical (unpaired) electrons. The molecule has 31 heavy (non-hydrogen) atoms. The van der Waals surface area contributed by atoms with Crippen LogP contribution in [-0.4, -0.2) is 54.6 Å². The number of carbonyl (C=O) groups is 1. The summed E-state index contributed by atoms with van der Waals surface area (Å²) in [6.07, 6.45) is 0. The standard InChI is InChI=1S/C22H26N4O3S2/c1-5-26(6-2)31(28,29)18-13-11-17(12-14-18)23-21(27)15-30-22-24-20-10-8-7-9-19(20)16(3)25(22)4/h7-14H,3,5-6,15H2,1-2,4H3,(H,23,27). The average molecular weight is 459 g/mol. The van der Waals surface area contributed by atoms with Crippen LogP contribution in [0.3, 0.4) is 0 Å². The Morgan fingerprint density at radius 2 is 1.77 bits per heavy atom. The van der Waals surface area contributed by atoms with Gasteiger partial charge in [-0.1, -0.05) is 50.4 Å². The molecular formula is C22H26N4O3S2. The third kappa shape index (κ3) is 5.00. The highest BCUT2D eigenvalue weighted by atomic mass is 32.2. The number of fused-ring (bicyclic) bond motifs is 1. The fourth-order valence-electron chi connectivity index (χ4n) is 3.17. The molecule has 0 aliphatic carbocycles. The van der Waals surface area contributed by atoms with Crippen LogP contribution >= 0.6 is 11.8 Å². The summed E-state index contributed by atoms with van der Waals surface area (Å²) >= 11 is 1.32. The Hall–Kier alpha value is -2.62. The van der Waals surface area contributed by atoms with Crippen molar-refractivity contribution in [3.05, 3.63) is 60.7 Å². The minimum absolute atomic E-state index is 0.165.